The van der Waals surface area contributed by atoms with Crippen molar-refractivity contribution in [1.29, 1.82) is 0 Å². The number of rotatable bonds is 7. The summed E-state index contributed by atoms with van der Waals surface area (Å²) < 4.78 is 28.4. The van der Waals surface area contributed by atoms with Crippen LogP contribution in [-0.4, -0.2) is 39.7 Å². The Kier molecular flexibility index (Phi) is 6.54. The highest BCUT2D eigenvalue weighted by Crippen LogP contribution is 2.59. The van der Waals surface area contributed by atoms with Crippen molar-refractivity contribution >= 4 is 11.8 Å². The molecular formula is C30H30O7. The third-order valence-electron chi connectivity index (χ3n) is 7.77. The fourth-order valence-corrected chi connectivity index (χ4v) is 5.78. The van der Waals surface area contributed by atoms with E-state index in [1.54, 1.807) is 26.4 Å². The second-order valence-electron chi connectivity index (χ2n) is 9.55. The van der Waals surface area contributed by atoms with Crippen molar-refractivity contribution in [2.75, 3.05) is 27.9 Å². The predicted octanol–water partition coefficient (Wildman–Crippen LogP) is 4.70. The number of methoxy groups -OCH3 is 3. The summed E-state index contributed by atoms with van der Waals surface area (Å²) in [5.74, 6) is -0.200. The van der Waals surface area contributed by atoms with Gasteiger partial charge in [-0.3, -0.25) is 9.59 Å². The Morgan fingerprint density at radius 1 is 0.973 bits per heavy atom. The van der Waals surface area contributed by atoms with Crippen molar-refractivity contribution in [2.45, 2.75) is 24.9 Å². The molecule has 0 amide bonds. The maximum atomic E-state index is 14.1. The summed E-state index contributed by atoms with van der Waals surface area (Å²) >= 11 is 0. The van der Waals surface area contributed by atoms with E-state index in [4.69, 9.17) is 23.7 Å². The second-order valence-corrected chi connectivity index (χ2v) is 9.55. The minimum Gasteiger partial charge on any atom is -0.497 e. The van der Waals surface area contributed by atoms with Crippen molar-refractivity contribution in [3.63, 3.8) is 0 Å². The lowest BCUT2D eigenvalue weighted by molar-refractivity contribution is -0.149. The third kappa shape index (κ3) is 4.08. The molecule has 1 aliphatic heterocycles. The van der Waals surface area contributed by atoms with E-state index < -0.39 is 23.2 Å². The molecule has 2 aliphatic rings. The van der Waals surface area contributed by atoms with E-state index in [1.165, 1.54) is 7.11 Å². The number of benzene rings is 3. The van der Waals surface area contributed by atoms with Crippen LogP contribution in [0.3, 0.4) is 0 Å². The van der Waals surface area contributed by atoms with E-state index in [1.807, 2.05) is 61.5 Å². The van der Waals surface area contributed by atoms with Gasteiger partial charge in [0.15, 0.2) is 5.78 Å². The summed E-state index contributed by atoms with van der Waals surface area (Å²) in [4.78, 5) is 27.3. The summed E-state index contributed by atoms with van der Waals surface area (Å²) in [5, 5.41) is 0. The van der Waals surface area contributed by atoms with Crippen molar-refractivity contribution in [3.05, 3.63) is 83.4 Å². The Morgan fingerprint density at radius 2 is 1.68 bits per heavy atom. The zero-order chi connectivity index (χ0) is 26.2. The Labute approximate surface area is 216 Å². The highest BCUT2D eigenvalue weighted by Gasteiger charge is 2.64. The minimum atomic E-state index is -1.01. The lowest BCUT2D eigenvalue weighted by Gasteiger charge is -2.38. The van der Waals surface area contributed by atoms with Crippen molar-refractivity contribution in [2.24, 2.45) is 11.8 Å². The number of hydrogen-bond acceptors (Lipinski definition) is 7. The largest absolute Gasteiger partial charge is 0.497 e. The average molecular weight is 503 g/mol. The van der Waals surface area contributed by atoms with E-state index in [-0.39, 0.29) is 18.3 Å². The van der Waals surface area contributed by atoms with Gasteiger partial charge >= 0.3 is 5.97 Å². The maximum Gasteiger partial charge on any atom is 0.316 e. The first-order chi connectivity index (χ1) is 17.9. The van der Waals surface area contributed by atoms with E-state index in [2.05, 4.69) is 0 Å². The SMILES string of the molecule is COC(=O)C1C(=O)C2(C)c3ccc(OC)cc3OCC2C1c1ccc(OC)cc1OCc1ccccc1. The lowest BCUT2D eigenvalue weighted by atomic mass is 9.69. The molecule has 1 heterocycles. The van der Waals surface area contributed by atoms with E-state index in [9.17, 15) is 9.59 Å². The van der Waals surface area contributed by atoms with Crippen LogP contribution in [0.25, 0.3) is 0 Å². The number of ketones is 1. The molecule has 4 unspecified atom stereocenters. The zero-order valence-electron chi connectivity index (χ0n) is 21.4. The first kappa shape index (κ1) is 24.7. The van der Waals surface area contributed by atoms with Crippen LogP contribution in [0.1, 0.15) is 29.5 Å². The molecule has 3 aromatic carbocycles. The van der Waals surface area contributed by atoms with Gasteiger partial charge in [-0.05, 0) is 30.2 Å². The van der Waals surface area contributed by atoms with Gasteiger partial charge in [-0.25, -0.2) is 0 Å². The zero-order valence-corrected chi connectivity index (χ0v) is 21.4. The highest BCUT2D eigenvalue weighted by atomic mass is 16.5. The number of fused-ring (bicyclic) bond motifs is 3. The molecule has 7 nitrogen and oxygen atoms in total. The van der Waals surface area contributed by atoms with Gasteiger partial charge in [-0.2, -0.15) is 0 Å². The molecule has 0 spiro atoms. The number of hydrogen-bond donors (Lipinski definition) is 0. The highest BCUT2D eigenvalue weighted by molar-refractivity contribution is 6.08. The van der Waals surface area contributed by atoms with Gasteiger partial charge in [-0.15, -0.1) is 0 Å². The fraction of sp³-hybridized carbons (Fsp3) is 0.333. The Bertz CT molecular complexity index is 1320. The number of esters is 1. The molecule has 0 bridgehead atoms. The van der Waals surface area contributed by atoms with Gasteiger partial charge in [0.1, 0.15) is 35.5 Å². The van der Waals surface area contributed by atoms with E-state index in [0.29, 0.717) is 29.6 Å². The van der Waals surface area contributed by atoms with Crippen LogP contribution in [0.4, 0.5) is 0 Å². The van der Waals surface area contributed by atoms with Gasteiger partial charge in [0, 0.05) is 29.5 Å². The molecule has 1 fully saturated rings. The van der Waals surface area contributed by atoms with Crippen LogP contribution in [0.2, 0.25) is 0 Å². The molecule has 5 rings (SSSR count). The summed E-state index contributed by atoms with van der Waals surface area (Å²) in [6.07, 6.45) is 0. The Hall–Kier alpha value is -4.00. The smallest absolute Gasteiger partial charge is 0.316 e. The molecule has 0 aromatic heterocycles. The van der Waals surface area contributed by atoms with Crippen LogP contribution in [0.15, 0.2) is 66.7 Å². The molecule has 192 valence electrons. The number of carbonyl (C=O) groups is 2. The van der Waals surface area contributed by atoms with Gasteiger partial charge in [-0.1, -0.05) is 42.5 Å². The first-order valence-corrected chi connectivity index (χ1v) is 12.2. The number of carbonyl (C=O) groups excluding carboxylic acids is 2. The number of ether oxygens (including phenoxy) is 5. The van der Waals surface area contributed by atoms with E-state index in [0.717, 1.165) is 16.7 Å². The molecule has 4 atom stereocenters. The molecule has 7 heteroatoms. The Morgan fingerprint density at radius 3 is 2.38 bits per heavy atom. The molecule has 0 radical (unpaired) electrons. The van der Waals surface area contributed by atoms with Gasteiger partial charge in [0.25, 0.3) is 0 Å². The van der Waals surface area contributed by atoms with Crippen LogP contribution in [-0.2, 0) is 26.3 Å². The van der Waals surface area contributed by atoms with Gasteiger partial charge in [0.05, 0.1) is 33.4 Å². The average Bonchev–Trinajstić information content (AvgIpc) is 3.18. The minimum absolute atomic E-state index is 0.186. The molecule has 0 saturated heterocycles. The summed E-state index contributed by atoms with van der Waals surface area (Å²) in [7, 11) is 4.48. The molecule has 0 N–H and O–H groups in total. The maximum absolute atomic E-state index is 14.1. The van der Waals surface area contributed by atoms with E-state index >= 15 is 0 Å². The summed E-state index contributed by atoms with van der Waals surface area (Å²) in [6, 6.07) is 20.8. The summed E-state index contributed by atoms with van der Waals surface area (Å²) in [5.41, 5.74) is 1.53. The standard InChI is InChI=1S/C30H30O7/c1-30-22-13-11-20(34-3)15-25(22)37-17-23(30)26(27(28(30)31)29(32)35-4)21-12-10-19(33-2)14-24(21)36-16-18-8-6-5-7-9-18/h5-15,23,26-27H,16-17H2,1-4H3. The predicted molar refractivity (Wildman–Crippen MR) is 136 cm³/mol. The van der Waals surface area contributed by atoms with Crippen LogP contribution >= 0.6 is 0 Å². The lowest BCUT2D eigenvalue weighted by Crippen LogP contribution is -2.42. The monoisotopic (exact) mass is 502 g/mol. The number of Topliss-reactive ketones (excluding diaryl/α,β-unsaturated/α-hetero) is 1. The topological polar surface area (TPSA) is 80.3 Å². The van der Waals surface area contributed by atoms with Crippen molar-refractivity contribution in [3.8, 4) is 23.0 Å². The second kappa shape index (κ2) is 9.81. The third-order valence-corrected chi connectivity index (χ3v) is 7.77. The quantitative estimate of drug-likeness (QED) is 0.342. The van der Waals surface area contributed by atoms with Crippen LogP contribution in [0, 0.1) is 11.8 Å². The summed E-state index contributed by atoms with van der Waals surface area (Å²) in [6.45, 7) is 2.48. The van der Waals surface area contributed by atoms with Gasteiger partial charge < -0.3 is 23.7 Å². The van der Waals surface area contributed by atoms with Crippen molar-refractivity contribution in [1.82, 2.24) is 0 Å². The molecule has 37 heavy (non-hydrogen) atoms. The van der Waals surface area contributed by atoms with Crippen LogP contribution in [0.5, 0.6) is 23.0 Å². The normalized spacial score (nSPS) is 23.9. The molecule has 3 aromatic rings. The van der Waals surface area contributed by atoms with Gasteiger partial charge in [0.2, 0.25) is 0 Å². The fourth-order valence-electron chi connectivity index (χ4n) is 5.78. The molecular weight excluding hydrogens is 472 g/mol. The first-order valence-electron chi connectivity index (χ1n) is 12.2. The van der Waals surface area contributed by atoms with Crippen LogP contribution < -0.4 is 18.9 Å². The molecule has 1 saturated carbocycles. The Balaban J connectivity index is 1.62. The molecule has 1 aliphatic carbocycles. The van der Waals surface area contributed by atoms with Crippen molar-refractivity contribution < 1.29 is 33.3 Å².